The van der Waals surface area contributed by atoms with E-state index in [1.54, 1.807) is 0 Å². The van der Waals surface area contributed by atoms with E-state index in [1.807, 2.05) is 11.0 Å². The smallest absolute Gasteiger partial charge is 0.206 e. The van der Waals surface area contributed by atoms with Crippen molar-refractivity contribution in [1.29, 1.82) is 0 Å². The number of rotatable bonds is 2. The van der Waals surface area contributed by atoms with Crippen molar-refractivity contribution >= 4 is 37.0 Å². The highest BCUT2D eigenvalue weighted by molar-refractivity contribution is 9.17. The third kappa shape index (κ3) is 11.9. The monoisotopic (exact) mass is 337 g/mol. The summed E-state index contributed by atoms with van der Waals surface area (Å²) in [5.74, 6) is 1.81. The fraction of sp³-hybridized carbons (Fsp3) is 0.833. The Morgan fingerprint density at radius 1 is 1.20 bits per heavy atom. The third-order valence-corrected chi connectivity index (χ3v) is 1.53. The Morgan fingerprint density at radius 3 is 1.50 bits per heavy atom. The molecule has 0 heterocycles. The van der Waals surface area contributed by atoms with Crippen molar-refractivity contribution in [2.24, 2.45) is 0 Å². The molecule has 0 aromatic heterocycles. The van der Waals surface area contributed by atoms with Crippen molar-refractivity contribution in [3.05, 3.63) is 0 Å². The first kappa shape index (κ1) is 17.3. The molecule has 0 atom stereocenters. The van der Waals surface area contributed by atoms with E-state index >= 15 is 0 Å². The maximum atomic E-state index is 3.24. The maximum absolute atomic E-state index is 3.24. The van der Waals surface area contributed by atoms with Crippen molar-refractivity contribution in [2.75, 3.05) is 18.9 Å². The van der Waals surface area contributed by atoms with Crippen molar-refractivity contribution in [1.82, 2.24) is 0 Å². The second-order valence-corrected chi connectivity index (χ2v) is 1.73. The van der Waals surface area contributed by atoms with Crippen molar-refractivity contribution < 1.29 is 21.6 Å². The van der Waals surface area contributed by atoms with Crippen LogP contribution in [0, 0.1) is 0 Å². The van der Waals surface area contributed by atoms with Gasteiger partial charge in [-0.2, -0.15) is 0 Å². The number of halogens is 3. The Balaban J connectivity index is -0.000000149. The third-order valence-electron chi connectivity index (χ3n) is 0.950. The molecule has 4 heteroatoms. The van der Waals surface area contributed by atoms with Crippen LogP contribution in [0.15, 0.2) is 0 Å². The summed E-state index contributed by atoms with van der Waals surface area (Å²) in [4.78, 5) is 0. The molecule has 0 bridgehead atoms. The molecule has 10 heavy (non-hydrogen) atoms. The molecule has 0 radical (unpaired) electrons. The Bertz CT molecular complexity index is 67.4. The fourth-order valence-electron chi connectivity index (χ4n) is 0.362. The van der Waals surface area contributed by atoms with Gasteiger partial charge in [0.2, 0.25) is 5.12 Å². The van der Waals surface area contributed by atoms with E-state index in [2.05, 4.69) is 50.3 Å². The van der Waals surface area contributed by atoms with Gasteiger partial charge in [-0.05, 0) is 19.7 Å². The van der Waals surface area contributed by atoms with Crippen LogP contribution in [0.4, 0.5) is 0 Å². The van der Waals surface area contributed by atoms with Gasteiger partial charge in [-0.25, -0.2) is 4.58 Å². The minimum Gasteiger partial charge on any atom is -1.00 e. The molecule has 64 valence electrons. The number of hydrogen-bond donors (Lipinski definition) is 0. The molecule has 0 spiro atoms. The predicted octanol–water partition coefficient (Wildman–Crippen LogP) is -0.523. The molecule has 0 unspecified atom stereocenters. The zero-order chi connectivity index (χ0) is 7.70. The molecule has 0 amide bonds. The van der Waals surface area contributed by atoms with Crippen LogP contribution in [0.2, 0.25) is 0 Å². The molecule has 0 N–H and O–H groups in total. The van der Waals surface area contributed by atoms with Gasteiger partial charge in [0, 0.05) is 15.9 Å². The Hall–Kier alpha value is 1.11. The highest BCUT2D eigenvalue weighted by Gasteiger charge is 1.88. The minimum atomic E-state index is 0. The normalized spacial score (nSPS) is 6.50. The molecule has 0 fully saturated rings. The van der Waals surface area contributed by atoms with Crippen LogP contribution < -0.4 is 17.0 Å². The molecular weight excluding hydrogens is 326 g/mol. The summed E-state index contributed by atoms with van der Waals surface area (Å²) in [6.45, 7) is 6.42. The van der Waals surface area contributed by atoms with Gasteiger partial charge >= 0.3 is 0 Å². The lowest BCUT2D eigenvalue weighted by Gasteiger charge is -1.89. The molecule has 0 aliphatic rings. The van der Waals surface area contributed by atoms with E-state index in [0.29, 0.717) is 0 Å². The lowest BCUT2D eigenvalue weighted by Crippen LogP contribution is -3.00. The van der Waals surface area contributed by atoms with E-state index in [0.717, 1.165) is 13.1 Å². The summed E-state index contributed by atoms with van der Waals surface area (Å²) < 4.78 is 2.17. The van der Waals surface area contributed by atoms with E-state index in [1.165, 1.54) is 0 Å². The van der Waals surface area contributed by atoms with Gasteiger partial charge in [0.1, 0.15) is 13.1 Å². The second-order valence-electron chi connectivity index (χ2n) is 1.32. The Morgan fingerprint density at radius 2 is 1.50 bits per heavy atom. The predicted molar refractivity (Wildman–Crippen MR) is 51.2 cm³/mol. The fourth-order valence-corrected chi connectivity index (χ4v) is 0.941. The van der Waals surface area contributed by atoms with Crippen LogP contribution in [0.5, 0.6) is 0 Å². The Kier molecular flexibility index (Phi) is 28.7. The van der Waals surface area contributed by atoms with E-state index < -0.39 is 0 Å². The van der Waals surface area contributed by atoms with Gasteiger partial charge < -0.3 is 17.0 Å². The molecule has 0 aliphatic heterocycles. The quantitative estimate of drug-likeness (QED) is 0.362. The standard InChI is InChI=1S/C5H11BrN.CH3Br.BrH/c1-3-7(4-2)5-6;1-2;/h5H,3-4H2,1-2H3;1H3;1H/q+1;;/p-1. The van der Waals surface area contributed by atoms with E-state index in [4.69, 9.17) is 0 Å². The van der Waals surface area contributed by atoms with Crippen LogP contribution in [0.1, 0.15) is 13.8 Å². The molecule has 0 aromatic carbocycles. The van der Waals surface area contributed by atoms with Crippen LogP contribution in [0.3, 0.4) is 0 Å². The first-order valence-corrected chi connectivity index (χ1v) is 5.40. The summed E-state index contributed by atoms with van der Waals surface area (Å²) in [6.07, 6.45) is 0. The van der Waals surface area contributed by atoms with E-state index in [-0.39, 0.29) is 17.0 Å². The summed E-state index contributed by atoms with van der Waals surface area (Å²) in [5.41, 5.74) is 0. The number of hydrogen-bond acceptors (Lipinski definition) is 0. The summed E-state index contributed by atoms with van der Waals surface area (Å²) in [5, 5.41) is 1.92. The highest BCUT2D eigenvalue weighted by atomic mass is 79.9. The van der Waals surface area contributed by atoms with Crippen LogP contribution in [-0.2, 0) is 0 Å². The molecule has 0 rings (SSSR count). The summed E-state index contributed by atoms with van der Waals surface area (Å²) >= 11 is 6.17. The van der Waals surface area contributed by atoms with Gasteiger partial charge in [0.05, 0.1) is 0 Å². The summed E-state index contributed by atoms with van der Waals surface area (Å²) in [7, 11) is 0. The van der Waals surface area contributed by atoms with Crippen molar-refractivity contribution in [2.45, 2.75) is 13.8 Å². The summed E-state index contributed by atoms with van der Waals surface area (Å²) in [6, 6.07) is 0. The van der Waals surface area contributed by atoms with Gasteiger partial charge in [-0.3, -0.25) is 0 Å². The first-order valence-electron chi connectivity index (χ1n) is 2.90. The minimum absolute atomic E-state index is 0. The topological polar surface area (TPSA) is 3.01 Å². The lowest BCUT2D eigenvalue weighted by atomic mass is 10.6. The number of alkyl halides is 1. The SMILES string of the molecule is CBr.CC[N+](=CBr)CC.[Br-]. The molecule has 0 saturated carbocycles. The van der Waals surface area contributed by atoms with Crippen molar-refractivity contribution in [3.63, 3.8) is 0 Å². The Labute approximate surface area is 90.9 Å². The van der Waals surface area contributed by atoms with Gasteiger partial charge in [-0.1, -0.05) is 15.9 Å². The molecule has 1 nitrogen and oxygen atoms in total. The van der Waals surface area contributed by atoms with Gasteiger partial charge in [0.15, 0.2) is 0 Å². The average molecular weight is 340 g/mol. The largest absolute Gasteiger partial charge is 1.00 e. The van der Waals surface area contributed by atoms with Gasteiger partial charge in [-0.15, -0.1) is 0 Å². The zero-order valence-corrected chi connectivity index (χ0v) is 11.3. The molecular formula is C6H14Br3N. The average Bonchev–Trinajstić information content (AvgIpc) is 1.96. The molecule has 0 saturated heterocycles. The highest BCUT2D eigenvalue weighted by Crippen LogP contribution is 1.74. The zero-order valence-electron chi connectivity index (χ0n) is 6.57. The lowest BCUT2D eigenvalue weighted by molar-refractivity contribution is -0.513. The maximum Gasteiger partial charge on any atom is 0.206 e. The van der Waals surface area contributed by atoms with Crippen LogP contribution in [0.25, 0.3) is 0 Å². The van der Waals surface area contributed by atoms with Crippen LogP contribution in [-0.4, -0.2) is 28.6 Å². The first-order chi connectivity index (χ1) is 4.35. The molecule has 0 aliphatic carbocycles. The van der Waals surface area contributed by atoms with Crippen molar-refractivity contribution in [3.8, 4) is 0 Å². The molecule has 0 aromatic rings. The van der Waals surface area contributed by atoms with Gasteiger partial charge in [0.25, 0.3) is 0 Å². The number of nitrogens with zero attached hydrogens (tertiary/aromatic N) is 1. The second kappa shape index (κ2) is 16.6. The van der Waals surface area contributed by atoms with E-state index in [9.17, 15) is 0 Å². The van der Waals surface area contributed by atoms with Crippen LogP contribution >= 0.6 is 31.9 Å².